The summed E-state index contributed by atoms with van der Waals surface area (Å²) in [6, 6.07) is 9.59. The van der Waals surface area contributed by atoms with Crippen LogP contribution in [0, 0.1) is 0 Å². The van der Waals surface area contributed by atoms with Gasteiger partial charge >= 0.3 is 0 Å². The number of imidazole rings is 2. The van der Waals surface area contributed by atoms with Gasteiger partial charge in [0.1, 0.15) is 17.2 Å². The van der Waals surface area contributed by atoms with Crippen molar-refractivity contribution in [3.63, 3.8) is 0 Å². The molecule has 1 amide bonds. The van der Waals surface area contributed by atoms with Crippen molar-refractivity contribution in [2.24, 2.45) is 7.05 Å². The van der Waals surface area contributed by atoms with Crippen LogP contribution in [-0.2, 0) is 17.1 Å². The summed E-state index contributed by atoms with van der Waals surface area (Å²) in [5.41, 5.74) is 1.94. The van der Waals surface area contributed by atoms with Crippen molar-refractivity contribution < 1.29 is 13.2 Å². The smallest absolute Gasteiger partial charge is 0.272 e. The van der Waals surface area contributed by atoms with Crippen LogP contribution in [0.2, 0.25) is 0 Å². The zero-order chi connectivity index (χ0) is 22.2. The highest BCUT2D eigenvalue weighted by atomic mass is 32.2. The maximum Gasteiger partial charge on any atom is 0.272 e. The Morgan fingerprint density at radius 3 is 2.42 bits per heavy atom. The Balaban J connectivity index is 1.57. The largest absolute Gasteiger partial charge is 0.343 e. The first-order valence-electron chi connectivity index (χ1n) is 10.1. The van der Waals surface area contributed by atoms with Gasteiger partial charge in [0.2, 0.25) is 0 Å². The quantitative estimate of drug-likeness (QED) is 0.651. The molecule has 3 aromatic rings. The number of aromatic nitrogens is 4. The van der Waals surface area contributed by atoms with Gasteiger partial charge in [-0.15, -0.1) is 0 Å². The lowest BCUT2D eigenvalue weighted by Gasteiger charge is -2.29. The molecule has 0 radical (unpaired) electrons. The molecule has 0 spiro atoms. The molecule has 9 nitrogen and oxygen atoms in total. The van der Waals surface area contributed by atoms with E-state index >= 15 is 0 Å². The van der Waals surface area contributed by atoms with E-state index in [1.807, 2.05) is 30.3 Å². The highest BCUT2D eigenvalue weighted by Crippen LogP contribution is 2.32. The summed E-state index contributed by atoms with van der Waals surface area (Å²) in [5, 5.41) is 0.0664. The molecule has 1 aromatic carbocycles. The molecule has 0 aliphatic carbocycles. The first-order chi connectivity index (χ1) is 14.8. The Bertz CT molecular complexity index is 1170. The van der Waals surface area contributed by atoms with Crippen LogP contribution < -0.4 is 0 Å². The van der Waals surface area contributed by atoms with E-state index in [4.69, 9.17) is 4.98 Å². The van der Waals surface area contributed by atoms with E-state index in [0.29, 0.717) is 37.3 Å². The number of carbonyl (C=O) groups excluding carboxylic acids is 1. The Hall–Kier alpha value is -2.98. The second-order valence-electron chi connectivity index (χ2n) is 7.97. The van der Waals surface area contributed by atoms with E-state index in [1.165, 1.54) is 21.7 Å². The van der Waals surface area contributed by atoms with Crippen molar-refractivity contribution in [3.8, 4) is 11.3 Å². The van der Waals surface area contributed by atoms with Crippen LogP contribution in [0.5, 0.6) is 0 Å². The normalized spacial score (nSPS) is 15.8. The number of H-pyrrole nitrogens is 1. The van der Waals surface area contributed by atoms with Crippen molar-refractivity contribution >= 4 is 15.9 Å². The van der Waals surface area contributed by atoms with Gasteiger partial charge in [-0.2, -0.15) is 4.31 Å². The van der Waals surface area contributed by atoms with Crippen LogP contribution in [0.15, 0.2) is 47.9 Å². The van der Waals surface area contributed by atoms with Crippen molar-refractivity contribution in [2.75, 3.05) is 27.2 Å². The Morgan fingerprint density at radius 1 is 1.16 bits per heavy atom. The van der Waals surface area contributed by atoms with Gasteiger partial charge in [0.25, 0.3) is 15.9 Å². The van der Waals surface area contributed by atoms with Crippen molar-refractivity contribution in [1.82, 2.24) is 28.7 Å². The predicted octanol–water partition coefficient (Wildman–Crippen LogP) is 2.08. The van der Waals surface area contributed by atoms with E-state index in [-0.39, 0.29) is 16.9 Å². The Kier molecular flexibility index (Phi) is 5.67. The molecule has 0 saturated carbocycles. The summed E-state index contributed by atoms with van der Waals surface area (Å²) in [5.74, 6) is 0.619. The molecule has 1 saturated heterocycles. The zero-order valence-electron chi connectivity index (χ0n) is 17.8. The predicted molar refractivity (Wildman–Crippen MR) is 116 cm³/mol. The topological polar surface area (TPSA) is 104 Å². The Morgan fingerprint density at radius 2 is 1.84 bits per heavy atom. The molecule has 2 aromatic heterocycles. The van der Waals surface area contributed by atoms with Crippen LogP contribution in [0.25, 0.3) is 11.3 Å². The highest BCUT2D eigenvalue weighted by molar-refractivity contribution is 7.89. The van der Waals surface area contributed by atoms with Gasteiger partial charge < -0.3 is 14.5 Å². The maximum atomic E-state index is 12.8. The number of nitrogens with one attached hydrogen (secondary N) is 1. The summed E-state index contributed by atoms with van der Waals surface area (Å²) < 4.78 is 28.7. The first kappa shape index (κ1) is 21.3. The van der Waals surface area contributed by atoms with E-state index in [2.05, 4.69) is 9.97 Å². The lowest BCUT2D eigenvalue weighted by atomic mass is 9.97. The number of amides is 1. The van der Waals surface area contributed by atoms with Crippen LogP contribution in [0.4, 0.5) is 0 Å². The molecule has 1 aliphatic rings. The SMILES string of the molecule is CN(C)C(=O)c1[nH]c(C2CCN(S(=O)(=O)c3cn(C)cn3)CC2)nc1-c1ccccc1. The van der Waals surface area contributed by atoms with E-state index in [1.54, 1.807) is 25.7 Å². The number of aromatic amines is 1. The second kappa shape index (κ2) is 8.27. The summed E-state index contributed by atoms with van der Waals surface area (Å²) in [4.78, 5) is 26.3. The fourth-order valence-corrected chi connectivity index (χ4v) is 5.23. The van der Waals surface area contributed by atoms with Gasteiger partial charge in [-0.05, 0) is 12.8 Å². The molecule has 3 heterocycles. The molecule has 0 unspecified atom stereocenters. The molecule has 0 atom stereocenters. The molecular formula is C21H26N6O3S. The maximum absolute atomic E-state index is 12.8. The van der Waals surface area contributed by atoms with E-state index in [0.717, 1.165) is 11.4 Å². The minimum atomic E-state index is -3.61. The molecular weight excluding hydrogens is 416 g/mol. The molecule has 0 bridgehead atoms. The average molecular weight is 443 g/mol. The van der Waals surface area contributed by atoms with Gasteiger partial charge in [0, 0.05) is 51.9 Å². The van der Waals surface area contributed by atoms with Crippen LogP contribution in [0.3, 0.4) is 0 Å². The minimum absolute atomic E-state index is 0.0429. The number of rotatable bonds is 5. The molecule has 1 fully saturated rings. The summed E-state index contributed by atoms with van der Waals surface area (Å²) in [7, 11) is 1.55. The average Bonchev–Trinajstić information content (AvgIpc) is 3.41. The number of piperidine rings is 1. The summed E-state index contributed by atoms with van der Waals surface area (Å²) >= 11 is 0. The van der Waals surface area contributed by atoms with Crippen LogP contribution >= 0.6 is 0 Å². The number of hydrogen-bond donors (Lipinski definition) is 1. The van der Waals surface area contributed by atoms with Gasteiger partial charge in [0.15, 0.2) is 5.03 Å². The molecule has 1 aliphatic heterocycles. The fraction of sp³-hybridized carbons (Fsp3) is 0.381. The number of hydrogen-bond acceptors (Lipinski definition) is 5. The number of carbonyl (C=O) groups is 1. The molecule has 1 N–H and O–H groups in total. The van der Waals surface area contributed by atoms with Gasteiger partial charge in [-0.25, -0.2) is 18.4 Å². The van der Waals surface area contributed by atoms with Crippen molar-refractivity contribution in [2.45, 2.75) is 23.8 Å². The summed E-state index contributed by atoms with van der Waals surface area (Å²) in [6.07, 6.45) is 4.23. The monoisotopic (exact) mass is 442 g/mol. The number of aryl methyl sites for hydroxylation is 1. The second-order valence-corrected chi connectivity index (χ2v) is 9.85. The van der Waals surface area contributed by atoms with Crippen molar-refractivity contribution in [1.29, 1.82) is 0 Å². The third-order valence-electron chi connectivity index (χ3n) is 5.52. The van der Waals surface area contributed by atoms with E-state index in [9.17, 15) is 13.2 Å². The van der Waals surface area contributed by atoms with Gasteiger partial charge in [-0.1, -0.05) is 30.3 Å². The van der Waals surface area contributed by atoms with Gasteiger partial charge in [-0.3, -0.25) is 4.79 Å². The minimum Gasteiger partial charge on any atom is -0.343 e. The molecule has 10 heteroatoms. The molecule has 4 rings (SSSR count). The number of sulfonamides is 1. The highest BCUT2D eigenvalue weighted by Gasteiger charge is 2.33. The van der Waals surface area contributed by atoms with Gasteiger partial charge in [0.05, 0.1) is 6.33 Å². The Labute approximate surface area is 181 Å². The van der Waals surface area contributed by atoms with Crippen LogP contribution in [0.1, 0.15) is 35.1 Å². The molecule has 164 valence electrons. The lowest BCUT2D eigenvalue weighted by molar-refractivity contribution is 0.0823. The van der Waals surface area contributed by atoms with Crippen molar-refractivity contribution in [3.05, 3.63) is 54.4 Å². The fourth-order valence-electron chi connectivity index (χ4n) is 3.79. The third kappa shape index (κ3) is 4.13. The molecule has 31 heavy (non-hydrogen) atoms. The van der Waals surface area contributed by atoms with Crippen LogP contribution in [-0.4, -0.2) is 70.2 Å². The first-order valence-corrected chi connectivity index (χ1v) is 11.6. The number of benzene rings is 1. The lowest BCUT2D eigenvalue weighted by Crippen LogP contribution is -2.38. The standard InChI is InChI=1S/C21H26N6O3S/c1-25(2)21(28)19-18(15-7-5-4-6-8-15)23-20(24-19)16-9-11-27(12-10-16)31(29,30)17-13-26(3)14-22-17/h4-8,13-14,16H,9-12H2,1-3H3,(H,23,24). The third-order valence-corrected chi connectivity index (χ3v) is 7.30. The zero-order valence-corrected chi connectivity index (χ0v) is 18.6. The summed E-state index contributed by atoms with van der Waals surface area (Å²) in [6.45, 7) is 0.754. The van der Waals surface area contributed by atoms with E-state index < -0.39 is 10.0 Å². The number of nitrogens with zero attached hydrogens (tertiary/aromatic N) is 5.